The van der Waals surface area contributed by atoms with Gasteiger partial charge in [0.1, 0.15) is 0 Å². The average molecular weight is 533 g/mol. The zero-order chi connectivity index (χ0) is 20.9. The van der Waals surface area contributed by atoms with Gasteiger partial charge in [0, 0.05) is 60.0 Å². The normalized spacial score (nSPS) is 16.2. The van der Waals surface area contributed by atoms with Crippen molar-refractivity contribution in [2.75, 3.05) is 80.3 Å². The van der Waals surface area contributed by atoms with E-state index in [1.54, 1.807) is 7.11 Å². The highest BCUT2D eigenvalue weighted by atomic mass is 127. The van der Waals surface area contributed by atoms with Gasteiger partial charge in [0.2, 0.25) is 0 Å². The third-order valence-corrected chi connectivity index (χ3v) is 5.27. The predicted molar refractivity (Wildman–Crippen MR) is 135 cm³/mol. The lowest BCUT2D eigenvalue weighted by molar-refractivity contribution is 0.0170. The zero-order valence-corrected chi connectivity index (χ0v) is 21.4. The number of likely N-dealkylation sites (N-methyl/N-ethyl adjacent to an activating group) is 1. The third kappa shape index (κ3) is 9.91. The molecule has 1 saturated heterocycles. The van der Waals surface area contributed by atoms with Crippen LogP contribution in [0.25, 0.3) is 0 Å². The van der Waals surface area contributed by atoms with Crippen LogP contribution in [-0.2, 0) is 9.47 Å². The number of hydrogen-bond donors (Lipinski definition) is 2. The first-order valence-electron chi connectivity index (χ1n) is 10.6. The predicted octanol–water partition coefficient (Wildman–Crippen LogP) is 2.12. The summed E-state index contributed by atoms with van der Waals surface area (Å²) in [5.74, 6) is 0.848. The highest BCUT2D eigenvalue weighted by Crippen LogP contribution is 2.22. The fourth-order valence-electron chi connectivity index (χ4n) is 3.59. The smallest absolute Gasteiger partial charge is 0.191 e. The molecule has 7 nitrogen and oxygen atoms in total. The largest absolute Gasteiger partial charge is 0.385 e. The molecule has 1 aromatic carbocycles. The Labute approximate surface area is 199 Å². The standard InChI is InChI=1S/C22H39N5O2.HI/c1-19-7-5-8-20(17-19)21(27-12-15-29-16-13-27)18-25-22(23-2)24-9-11-26(3)10-6-14-28-4;/h5,7-8,17,21H,6,9-16,18H2,1-4H3,(H2,23,24,25);1H. The van der Waals surface area contributed by atoms with Gasteiger partial charge in [-0.2, -0.15) is 0 Å². The Morgan fingerprint density at radius 1 is 1.27 bits per heavy atom. The van der Waals surface area contributed by atoms with Crippen molar-refractivity contribution in [2.24, 2.45) is 4.99 Å². The van der Waals surface area contributed by atoms with E-state index in [1.165, 1.54) is 11.1 Å². The first kappa shape index (κ1) is 27.1. The highest BCUT2D eigenvalue weighted by Gasteiger charge is 2.23. The van der Waals surface area contributed by atoms with E-state index in [4.69, 9.17) is 9.47 Å². The molecule has 0 saturated carbocycles. The van der Waals surface area contributed by atoms with Crippen LogP contribution in [0.1, 0.15) is 23.6 Å². The quantitative estimate of drug-likeness (QED) is 0.197. The van der Waals surface area contributed by atoms with Crippen molar-refractivity contribution in [2.45, 2.75) is 19.4 Å². The Bertz CT molecular complexity index is 611. The van der Waals surface area contributed by atoms with Crippen molar-refractivity contribution >= 4 is 29.9 Å². The molecule has 2 rings (SSSR count). The molecule has 1 aliphatic heterocycles. The fraction of sp³-hybridized carbons (Fsp3) is 0.682. The van der Waals surface area contributed by atoms with E-state index in [1.807, 2.05) is 7.05 Å². The van der Waals surface area contributed by atoms with Crippen LogP contribution in [0.2, 0.25) is 0 Å². The van der Waals surface area contributed by atoms with E-state index in [0.29, 0.717) is 6.04 Å². The van der Waals surface area contributed by atoms with Crippen LogP contribution >= 0.6 is 24.0 Å². The summed E-state index contributed by atoms with van der Waals surface area (Å²) < 4.78 is 10.7. The number of rotatable bonds is 11. The van der Waals surface area contributed by atoms with Gasteiger partial charge in [0.25, 0.3) is 0 Å². The molecular formula is C22H40IN5O2. The second-order valence-corrected chi connectivity index (χ2v) is 7.61. The van der Waals surface area contributed by atoms with E-state index in [2.05, 4.69) is 63.7 Å². The van der Waals surface area contributed by atoms with Crippen molar-refractivity contribution in [1.29, 1.82) is 0 Å². The molecule has 0 aliphatic carbocycles. The minimum atomic E-state index is 0. The Hall–Kier alpha value is -0.940. The maximum absolute atomic E-state index is 5.56. The fourth-order valence-corrected chi connectivity index (χ4v) is 3.59. The molecule has 0 aromatic heterocycles. The van der Waals surface area contributed by atoms with Gasteiger partial charge in [-0.05, 0) is 26.0 Å². The van der Waals surface area contributed by atoms with Gasteiger partial charge in [-0.3, -0.25) is 9.89 Å². The SMILES string of the molecule is CN=C(NCCN(C)CCCOC)NCC(c1cccc(C)c1)N1CCOCC1.I. The summed E-state index contributed by atoms with van der Waals surface area (Å²) in [7, 11) is 5.71. The minimum absolute atomic E-state index is 0. The van der Waals surface area contributed by atoms with Crippen LogP contribution < -0.4 is 10.6 Å². The summed E-state index contributed by atoms with van der Waals surface area (Å²) in [6.07, 6.45) is 1.05. The molecule has 1 fully saturated rings. The first-order chi connectivity index (χ1) is 14.1. The number of aliphatic imine (C=N–C) groups is 1. The van der Waals surface area contributed by atoms with Crippen LogP contribution in [0.4, 0.5) is 0 Å². The zero-order valence-electron chi connectivity index (χ0n) is 19.0. The Balaban J connectivity index is 0.00000450. The van der Waals surface area contributed by atoms with Crippen molar-refractivity contribution in [3.05, 3.63) is 35.4 Å². The molecule has 1 aliphatic rings. The number of nitrogens with zero attached hydrogens (tertiary/aromatic N) is 3. The highest BCUT2D eigenvalue weighted by molar-refractivity contribution is 14.0. The third-order valence-electron chi connectivity index (χ3n) is 5.27. The summed E-state index contributed by atoms with van der Waals surface area (Å²) in [6, 6.07) is 9.10. The van der Waals surface area contributed by atoms with Gasteiger partial charge < -0.3 is 25.0 Å². The Morgan fingerprint density at radius 3 is 2.70 bits per heavy atom. The van der Waals surface area contributed by atoms with Gasteiger partial charge in [0.15, 0.2) is 5.96 Å². The van der Waals surface area contributed by atoms with E-state index in [0.717, 1.165) is 71.5 Å². The van der Waals surface area contributed by atoms with Crippen LogP contribution in [-0.4, -0.2) is 96.1 Å². The van der Waals surface area contributed by atoms with Crippen LogP contribution in [0.5, 0.6) is 0 Å². The summed E-state index contributed by atoms with van der Waals surface area (Å²) in [5.41, 5.74) is 2.63. The minimum Gasteiger partial charge on any atom is -0.385 e. The van der Waals surface area contributed by atoms with Crippen molar-refractivity contribution in [1.82, 2.24) is 20.4 Å². The lowest BCUT2D eigenvalue weighted by atomic mass is 10.0. The van der Waals surface area contributed by atoms with Crippen LogP contribution in [0, 0.1) is 6.92 Å². The maximum atomic E-state index is 5.56. The van der Waals surface area contributed by atoms with E-state index in [9.17, 15) is 0 Å². The molecule has 0 radical (unpaired) electrons. The molecule has 0 spiro atoms. The van der Waals surface area contributed by atoms with Gasteiger partial charge in [-0.15, -0.1) is 24.0 Å². The number of morpholine rings is 1. The van der Waals surface area contributed by atoms with Crippen LogP contribution in [0.15, 0.2) is 29.3 Å². The summed E-state index contributed by atoms with van der Waals surface area (Å²) in [4.78, 5) is 9.21. The maximum Gasteiger partial charge on any atom is 0.191 e. The number of benzene rings is 1. The van der Waals surface area contributed by atoms with Crippen LogP contribution in [0.3, 0.4) is 0 Å². The Morgan fingerprint density at radius 2 is 2.03 bits per heavy atom. The van der Waals surface area contributed by atoms with Crippen molar-refractivity contribution in [3.63, 3.8) is 0 Å². The number of aryl methyl sites for hydroxylation is 1. The van der Waals surface area contributed by atoms with Crippen molar-refractivity contribution in [3.8, 4) is 0 Å². The first-order valence-corrected chi connectivity index (χ1v) is 10.6. The molecule has 1 aromatic rings. The topological polar surface area (TPSA) is 61.4 Å². The number of hydrogen-bond acceptors (Lipinski definition) is 5. The lowest BCUT2D eigenvalue weighted by Gasteiger charge is -2.35. The number of halogens is 1. The lowest BCUT2D eigenvalue weighted by Crippen LogP contribution is -2.47. The van der Waals surface area contributed by atoms with Crippen molar-refractivity contribution < 1.29 is 9.47 Å². The molecule has 8 heteroatoms. The number of nitrogens with one attached hydrogen (secondary N) is 2. The molecule has 1 unspecified atom stereocenters. The van der Waals surface area contributed by atoms with E-state index < -0.39 is 0 Å². The molecule has 0 amide bonds. The summed E-state index contributed by atoms with van der Waals surface area (Å²) >= 11 is 0. The Kier molecular flexibility index (Phi) is 14.3. The average Bonchev–Trinajstić information content (AvgIpc) is 2.73. The second kappa shape index (κ2) is 15.8. The summed E-state index contributed by atoms with van der Waals surface area (Å²) in [6.45, 7) is 10.1. The van der Waals surface area contributed by atoms with E-state index >= 15 is 0 Å². The molecule has 1 heterocycles. The molecule has 1 atom stereocenters. The molecule has 30 heavy (non-hydrogen) atoms. The van der Waals surface area contributed by atoms with Gasteiger partial charge in [-0.1, -0.05) is 29.8 Å². The number of ether oxygens (including phenoxy) is 2. The molecule has 2 N–H and O–H groups in total. The molecule has 0 bridgehead atoms. The second-order valence-electron chi connectivity index (χ2n) is 7.61. The monoisotopic (exact) mass is 533 g/mol. The van der Waals surface area contributed by atoms with Gasteiger partial charge in [0.05, 0.1) is 19.3 Å². The van der Waals surface area contributed by atoms with E-state index in [-0.39, 0.29) is 24.0 Å². The molecule has 172 valence electrons. The van der Waals surface area contributed by atoms with Gasteiger partial charge in [-0.25, -0.2) is 0 Å². The molecular weight excluding hydrogens is 493 g/mol. The number of methoxy groups -OCH3 is 1. The van der Waals surface area contributed by atoms with Gasteiger partial charge >= 0.3 is 0 Å². The summed E-state index contributed by atoms with van der Waals surface area (Å²) in [5, 5.41) is 6.96. The number of guanidine groups is 1.